The fraction of sp³-hybridized carbons (Fsp3) is 0.304. The Labute approximate surface area is 173 Å². The van der Waals surface area contributed by atoms with Gasteiger partial charge in [-0.05, 0) is 50.2 Å². The van der Waals surface area contributed by atoms with Crippen LogP contribution in [0.1, 0.15) is 28.7 Å². The zero-order chi connectivity index (χ0) is 21.3. The summed E-state index contributed by atoms with van der Waals surface area (Å²) in [7, 11) is 0. The summed E-state index contributed by atoms with van der Waals surface area (Å²) in [5, 5.41) is 0. The van der Waals surface area contributed by atoms with E-state index in [-0.39, 0.29) is 17.2 Å². The number of hydrogen-bond donors (Lipinski definition) is 0. The van der Waals surface area contributed by atoms with E-state index in [1.165, 1.54) is 12.1 Å². The van der Waals surface area contributed by atoms with Crippen LogP contribution in [0.15, 0.2) is 46.9 Å². The first-order valence-corrected chi connectivity index (χ1v) is 9.91. The molecular weight excluding hydrogens is 388 g/mol. The molecule has 0 unspecified atom stereocenters. The minimum Gasteiger partial charge on any atom is -0.441 e. The zero-order valence-electron chi connectivity index (χ0n) is 17.0. The van der Waals surface area contributed by atoms with Gasteiger partial charge in [0.05, 0.1) is 11.3 Å². The second kappa shape index (κ2) is 8.36. The predicted molar refractivity (Wildman–Crippen MR) is 111 cm³/mol. The number of anilines is 1. The third-order valence-electron chi connectivity index (χ3n) is 5.44. The highest BCUT2D eigenvalue weighted by atomic mass is 19.1. The number of benzene rings is 2. The van der Waals surface area contributed by atoms with Crippen molar-refractivity contribution in [2.24, 2.45) is 0 Å². The van der Waals surface area contributed by atoms with E-state index in [4.69, 9.17) is 4.42 Å². The van der Waals surface area contributed by atoms with E-state index in [2.05, 4.69) is 14.8 Å². The van der Waals surface area contributed by atoms with Crippen LogP contribution in [0.4, 0.5) is 14.5 Å². The minimum atomic E-state index is -0.688. The molecule has 1 fully saturated rings. The first-order valence-electron chi connectivity index (χ1n) is 9.91. The highest BCUT2D eigenvalue weighted by Gasteiger charge is 2.21. The summed E-state index contributed by atoms with van der Waals surface area (Å²) in [5.41, 5.74) is 2.73. The van der Waals surface area contributed by atoms with Gasteiger partial charge < -0.3 is 9.32 Å². The number of hydrogen-bond acceptors (Lipinski definition) is 5. The quantitative estimate of drug-likeness (QED) is 0.581. The van der Waals surface area contributed by atoms with Gasteiger partial charge in [-0.3, -0.25) is 9.69 Å². The smallest absolute Gasteiger partial charge is 0.229 e. The summed E-state index contributed by atoms with van der Waals surface area (Å²) in [6, 6.07) is 11.1. The van der Waals surface area contributed by atoms with E-state index in [0.29, 0.717) is 17.9 Å². The average molecular weight is 411 g/mol. The molecule has 2 heterocycles. The maximum absolute atomic E-state index is 14.0. The lowest BCUT2D eigenvalue weighted by Gasteiger charge is -2.35. The molecule has 4 rings (SSSR count). The number of oxazole rings is 1. The fourth-order valence-corrected chi connectivity index (χ4v) is 3.64. The number of rotatable bonds is 5. The topological polar surface area (TPSA) is 49.6 Å². The molecule has 2 aromatic carbocycles. The molecule has 0 bridgehead atoms. The molecule has 0 saturated carbocycles. The van der Waals surface area contributed by atoms with Gasteiger partial charge in [0.1, 0.15) is 17.4 Å². The van der Waals surface area contributed by atoms with Crippen molar-refractivity contribution in [3.63, 3.8) is 0 Å². The molecule has 1 saturated heterocycles. The first kappa shape index (κ1) is 20.2. The van der Waals surface area contributed by atoms with E-state index < -0.39 is 11.6 Å². The second-order valence-electron chi connectivity index (χ2n) is 7.51. The van der Waals surface area contributed by atoms with Crippen molar-refractivity contribution in [2.45, 2.75) is 20.4 Å². The largest absolute Gasteiger partial charge is 0.441 e. The van der Waals surface area contributed by atoms with Gasteiger partial charge in [-0.2, -0.15) is 0 Å². The number of aryl methyl sites for hydroxylation is 1. The van der Waals surface area contributed by atoms with Crippen molar-refractivity contribution in [1.29, 1.82) is 0 Å². The van der Waals surface area contributed by atoms with Crippen LogP contribution in [-0.4, -0.2) is 41.8 Å². The van der Waals surface area contributed by atoms with Gasteiger partial charge in [0, 0.05) is 50.0 Å². The standard InChI is InChI=1S/C23H23F2N3O2/c1-15(29)17-3-6-19(7-4-17)28-11-9-27(10-12-28)14-22-16(2)30-23(26-22)20-8-5-18(24)13-21(20)25/h3-8,13H,9-12,14H2,1-2H3. The Morgan fingerprint density at radius 2 is 1.77 bits per heavy atom. The van der Waals surface area contributed by atoms with Gasteiger partial charge in [-0.15, -0.1) is 0 Å². The summed E-state index contributed by atoms with van der Waals surface area (Å²) in [5.74, 6) is -0.449. The SMILES string of the molecule is CC(=O)c1ccc(N2CCN(Cc3nc(-c4ccc(F)cc4F)oc3C)CC2)cc1. The molecule has 3 aromatic rings. The normalized spacial score (nSPS) is 14.9. The number of carbonyl (C=O) groups excluding carboxylic acids is 1. The van der Waals surface area contributed by atoms with Crippen LogP contribution in [0.2, 0.25) is 0 Å². The summed E-state index contributed by atoms with van der Waals surface area (Å²) >= 11 is 0. The number of Topliss-reactive ketones (excluding diaryl/α,β-unsaturated/α-hetero) is 1. The first-order chi connectivity index (χ1) is 14.4. The zero-order valence-corrected chi connectivity index (χ0v) is 17.0. The molecule has 5 nitrogen and oxygen atoms in total. The molecule has 1 aromatic heterocycles. The molecule has 0 atom stereocenters. The van der Waals surface area contributed by atoms with Crippen molar-refractivity contribution in [3.8, 4) is 11.5 Å². The molecule has 156 valence electrons. The number of ketones is 1. The number of aromatic nitrogens is 1. The van der Waals surface area contributed by atoms with E-state index in [1.807, 2.05) is 24.3 Å². The molecular formula is C23H23F2N3O2. The predicted octanol–water partition coefficient (Wildman–Crippen LogP) is 4.45. The maximum Gasteiger partial charge on any atom is 0.229 e. The molecule has 0 radical (unpaired) electrons. The number of halogens is 2. The van der Waals surface area contributed by atoms with Gasteiger partial charge in [0.15, 0.2) is 5.78 Å². The van der Waals surface area contributed by atoms with Crippen molar-refractivity contribution in [1.82, 2.24) is 9.88 Å². The van der Waals surface area contributed by atoms with Crippen LogP contribution in [0.5, 0.6) is 0 Å². The molecule has 0 aliphatic carbocycles. The van der Waals surface area contributed by atoms with Gasteiger partial charge in [-0.25, -0.2) is 13.8 Å². The Morgan fingerprint density at radius 3 is 2.40 bits per heavy atom. The summed E-state index contributed by atoms with van der Waals surface area (Å²) in [6.45, 7) is 7.39. The van der Waals surface area contributed by atoms with Crippen molar-refractivity contribution >= 4 is 11.5 Å². The van der Waals surface area contributed by atoms with Crippen LogP contribution in [0.3, 0.4) is 0 Å². The molecule has 7 heteroatoms. The highest BCUT2D eigenvalue weighted by Crippen LogP contribution is 2.26. The average Bonchev–Trinajstić information content (AvgIpc) is 3.08. The maximum atomic E-state index is 14.0. The van der Waals surface area contributed by atoms with Crippen LogP contribution < -0.4 is 4.90 Å². The van der Waals surface area contributed by atoms with Crippen LogP contribution in [0, 0.1) is 18.6 Å². The Morgan fingerprint density at radius 1 is 1.07 bits per heavy atom. The van der Waals surface area contributed by atoms with E-state index in [0.717, 1.165) is 43.6 Å². The summed E-state index contributed by atoms with van der Waals surface area (Å²) in [4.78, 5) is 20.4. The van der Waals surface area contributed by atoms with E-state index in [1.54, 1.807) is 13.8 Å². The Bertz CT molecular complexity index is 1050. The molecule has 0 N–H and O–H groups in total. The second-order valence-corrected chi connectivity index (χ2v) is 7.51. The third kappa shape index (κ3) is 4.26. The van der Waals surface area contributed by atoms with Gasteiger partial charge in [-0.1, -0.05) is 0 Å². The molecule has 1 aliphatic heterocycles. The van der Waals surface area contributed by atoms with Gasteiger partial charge in [0.25, 0.3) is 0 Å². The van der Waals surface area contributed by atoms with Crippen LogP contribution in [0.25, 0.3) is 11.5 Å². The van der Waals surface area contributed by atoms with Crippen molar-refractivity contribution in [2.75, 3.05) is 31.1 Å². The summed E-state index contributed by atoms with van der Waals surface area (Å²) < 4.78 is 32.8. The van der Waals surface area contributed by atoms with Crippen LogP contribution >= 0.6 is 0 Å². The Balaban J connectivity index is 1.39. The Hall–Kier alpha value is -3.06. The van der Waals surface area contributed by atoms with Crippen LogP contribution in [-0.2, 0) is 6.54 Å². The lowest BCUT2D eigenvalue weighted by molar-refractivity contribution is 0.101. The van der Waals surface area contributed by atoms with Crippen molar-refractivity contribution in [3.05, 3.63) is 71.1 Å². The van der Waals surface area contributed by atoms with E-state index >= 15 is 0 Å². The summed E-state index contributed by atoms with van der Waals surface area (Å²) in [6.07, 6.45) is 0. The molecule has 1 aliphatic rings. The number of nitrogens with zero attached hydrogens (tertiary/aromatic N) is 3. The van der Waals surface area contributed by atoms with E-state index in [9.17, 15) is 13.6 Å². The molecule has 30 heavy (non-hydrogen) atoms. The Kier molecular flexibility index (Phi) is 5.63. The molecule has 0 amide bonds. The fourth-order valence-electron chi connectivity index (χ4n) is 3.64. The monoisotopic (exact) mass is 411 g/mol. The lowest BCUT2D eigenvalue weighted by Crippen LogP contribution is -2.46. The van der Waals surface area contributed by atoms with Gasteiger partial charge in [0.2, 0.25) is 5.89 Å². The highest BCUT2D eigenvalue weighted by molar-refractivity contribution is 5.94. The number of carbonyl (C=O) groups is 1. The minimum absolute atomic E-state index is 0.0641. The lowest BCUT2D eigenvalue weighted by atomic mass is 10.1. The van der Waals surface area contributed by atoms with Gasteiger partial charge >= 0.3 is 0 Å². The third-order valence-corrected chi connectivity index (χ3v) is 5.44. The molecule has 0 spiro atoms. The van der Waals surface area contributed by atoms with Crippen molar-refractivity contribution < 1.29 is 18.0 Å². The number of piperazine rings is 1.